The number of hydrogen-bond donors (Lipinski definition) is 0. The van der Waals surface area contributed by atoms with Crippen LogP contribution in [0.1, 0.15) is 95.6 Å². The van der Waals surface area contributed by atoms with Gasteiger partial charge in [0.15, 0.2) is 0 Å². The summed E-state index contributed by atoms with van der Waals surface area (Å²) in [6, 6.07) is 18.5. The predicted octanol–water partition coefficient (Wildman–Crippen LogP) is 9.24. The lowest BCUT2D eigenvalue weighted by atomic mass is 9.84. The highest BCUT2D eigenvalue weighted by Crippen LogP contribution is 2.33. The van der Waals surface area contributed by atoms with E-state index in [1.165, 1.54) is 99.3 Å². The standard InChI is InChI=1S/C29H40/c1-3-5-6-7-8-9-11-25-14-18-27(19-15-25)29-22-20-28(21-23-29)26-16-12-24(10-4-2)13-17-26/h14-16,18-24H,3-13,17H2,1-2H3. The van der Waals surface area contributed by atoms with E-state index in [4.69, 9.17) is 0 Å². The molecule has 0 bridgehead atoms. The SMILES string of the molecule is CCCCCCCCc1ccc(-c2ccc(C3=CCC(CCC)CC3)cc2)cc1. The molecule has 2 aromatic rings. The van der Waals surface area contributed by atoms with Crippen molar-refractivity contribution in [3.8, 4) is 11.1 Å². The van der Waals surface area contributed by atoms with E-state index in [0.29, 0.717) is 0 Å². The van der Waals surface area contributed by atoms with Gasteiger partial charge in [-0.15, -0.1) is 0 Å². The van der Waals surface area contributed by atoms with E-state index < -0.39 is 0 Å². The maximum absolute atomic E-state index is 2.50. The zero-order valence-corrected chi connectivity index (χ0v) is 18.8. The van der Waals surface area contributed by atoms with Gasteiger partial charge in [0.2, 0.25) is 0 Å². The van der Waals surface area contributed by atoms with E-state index >= 15 is 0 Å². The average molecular weight is 389 g/mol. The number of aryl methyl sites for hydroxylation is 1. The second kappa shape index (κ2) is 12.0. The minimum Gasteiger partial charge on any atom is -0.0804 e. The molecule has 156 valence electrons. The maximum atomic E-state index is 2.50. The molecule has 2 aromatic carbocycles. The van der Waals surface area contributed by atoms with Crippen molar-refractivity contribution in [1.29, 1.82) is 0 Å². The van der Waals surface area contributed by atoms with E-state index in [1.54, 1.807) is 5.57 Å². The largest absolute Gasteiger partial charge is 0.0804 e. The number of hydrogen-bond acceptors (Lipinski definition) is 0. The summed E-state index contributed by atoms with van der Waals surface area (Å²) in [5.41, 5.74) is 7.13. The Labute approximate surface area is 179 Å². The molecule has 1 aliphatic rings. The van der Waals surface area contributed by atoms with Crippen LogP contribution in [0.15, 0.2) is 54.6 Å². The van der Waals surface area contributed by atoms with Gasteiger partial charge in [-0.2, -0.15) is 0 Å². The summed E-state index contributed by atoms with van der Waals surface area (Å²) in [5, 5.41) is 0. The molecule has 0 saturated heterocycles. The van der Waals surface area contributed by atoms with Crippen molar-refractivity contribution in [1.82, 2.24) is 0 Å². The number of unbranched alkanes of at least 4 members (excludes halogenated alkanes) is 5. The summed E-state index contributed by atoms with van der Waals surface area (Å²) in [6.45, 7) is 4.59. The lowest BCUT2D eigenvalue weighted by molar-refractivity contribution is 0.445. The second-order valence-electron chi connectivity index (χ2n) is 8.95. The van der Waals surface area contributed by atoms with E-state index in [0.717, 1.165) is 5.92 Å². The molecule has 1 aliphatic carbocycles. The third-order valence-electron chi connectivity index (χ3n) is 6.58. The minimum absolute atomic E-state index is 0.915. The number of rotatable bonds is 11. The minimum atomic E-state index is 0.915. The Balaban J connectivity index is 1.51. The summed E-state index contributed by atoms with van der Waals surface area (Å²) in [4.78, 5) is 0. The van der Waals surface area contributed by atoms with E-state index in [1.807, 2.05) is 0 Å². The zero-order chi connectivity index (χ0) is 20.3. The van der Waals surface area contributed by atoms with Gasteiger partial charge in [0.1, 0.15) is 0 Å². The fourth-order valence-corrected chi connectivity index (χ4v) is 4.67. The summed E-state index contributed by atoms with van der Waals surface area (Å²) in [6.07, 6.45) is 18.5. The fraction of sp³-hybridized carbons (Fsp3) is 0.517. The molecule has 1 unspecified atom stereocenters. The monoisotopic (exact) mass is 388 g/mol. The highest BCUT2D eigenvalue weighted by atomic mass is 14.2. The maximum Gasteiger partial charge on any atom is -0.0184 e. The zero-order valence-electron chi connectivity index (χ0n) is 18.8. The van der Waals surface area contributed by atoms with Crippen LogP contribution in [0.25, 0.3) is 16.7 Å². The van der Waals surface area contributed by atoms with Crippen LogP contribution in [-0.4, -0.2) is 0 Å². The van der Waals surface area contributed by atoms with Crippen molar-refractivity contribution in [2.45, 2.75) is 90.9 Å². The molecular formula is C29H40. The van der Waals surface area contributed by atoms with Crippen molar-refractivity contribution in [3.63, 3.8) is 0 Å². The topological polar surface area (TPSA) is 0 Å². The third-order valence-corrected chi connectivity index (χ3v) is 6.58. The first-order chi connectivity index (χ1) is 14.3. The summed E-state index contributed by atoms with van der Waals surface area (Å²) >= 11 is 0. The Hall–Kier alpha value is -1.82. The Morgan fingerprint density at radius 2 is 1.31 bits per heavy atom. The van der Waals surface area contributed by atoms with Crippen molar-refractivity contribution in [3.05, 3.63) is 65.7 Å². The summed E-state index contributed by atoms with van der Waals surface area (Å²) < 4.78 is 0. The Kier molecular flexibility index (Phi) is 9.06. The van der Waals surface area contributed by atoms with Crippen molar-refractivity contribution < 1.29 is 0 Å². The summed E-state index contributed by atoms with van der Waals surface area (Å²) in [7, 11) is 0. The predicted molar refractivity (Wildman–Crippen MR) is 129 cm³/mol. The number of allylic oxidation sites excluding steroid dienone is 2. The van der Waals surface area contributed by atoms with E-state index in [9.17, 15) is 0 Å². The Morgan fingerprint density at radius 1 is 0.690 bits per heavy atom. The van der Waals surface area contributed by atoms with Gasteiger partial charge in [-0.25, -0.2) is 0 Å². The normalized spacial score (nSPS) is 16.6. The first kappa shape index (κ1) is 21.9. The third kappa shape index (κ3) is 6.88. The molecule has 1 atom stereocenters. The van der Waals surface area contributed by atoms with Gasteiger partial charge in [0.25, 0.3) is 0 Å². The molecule has 0 radical (unpaired) electrons. The molecule has 0 spiro atoms. The van der Waals surface area contributed by atoms with Crippen molar-refractivity contribution in [2.75, 3.05) is 0 Å². The molecule has 29 heavy (non-hydrogen) atoms. The van der Waals surface area contributed by atoms with Gasteiger partial charge < -0.3 is 0 Å². The smallest absolute Gasteiger partial charge is 0.0184 e. The van der Waals surface area contributed by atoms with Crippen LogP contribution in [-0.2, 0) is 6.42 Å². The van der Waals surface area contributed by atoms with Crippen LogP contribution in [0.4, 0.5) is 0 Å². The molecule has 3 rings (SSSR count). The highest BCUT2D eigenvalue weighted by Gasteiger charge is 2.14. The van der Waals surface area contributed by atoms with Gasteiger partial charge in [0.05, 0.1) is 0 Å². The molecule has 0 fully saturated rings. The lowest BCUT2D eigenvalue weighted by Crippen LogP contribution is -2.04. The first-order valence-electron chi connectivity index (χ1n) is 12.2. The van der Waals surface area contributed by atoms with Crippen LogP contribution < -0.4 is 0 Å². The molecule has 0 N–H and O–H groups in total. The van der Waals surface area contributed by atoms with Crippen LogP contribution in [0.3, 0.4) is 0 Å². The number of benzene rings is 2. The average Bonchev–Trinajstić information content (AvgIpc) is 2.78. The van der Waals surface area contributed by atoms with Gasteiger partial charge in [0, 0.05) is 0 Å². The van der Waals surface area contributed by atoms with Crippen molar-refractivity contribution >= 4 is 5.57 Å². The van der Waals surface area contributed by atoms with Crippen LogP contribution in [0.5, 0.6) is 0 Å². The van der Waals surface area contributed by atoms with Gasteiger partial charge >= 0.3 is 0 Å². The first-order valence-corrected chi connectivity index (χ1v) is 12.2. The van der Waals surface area contributed by atoms with Gasteiger partial charge in [-0.3, -0.25) is 0 Å². The second-order valence-corrected chi connectivity index (χ2v) is 8.95. The highest BCUT2D eigenvalue weighted by molar-refractivity contribution is 5.71. The van der Waals surface area contributed by atoms with Gasteiger partial charge in [-0.05, 0) is 65.8 Å². The molecule has 0 amide bonds. The van der Waals surface area contributed by atoms with E-state index in [-0.39, 0.29) is 0 Å². The lowest BCUT2D eigenvalue weighted by Gasteiger charge is -2.21. The molecular weight excluding hydrogens is 348 g/mol. The van der Waals surface area contributed by atoms with Crippen LogP contribution in [0, 0.1) is 5.92 Å². The quantitative estimate of drug-likeness (QED) is 0.336. The molecule has 0 heterocycles. The van der Waals surface area contributed by atoms with Crippen molar-refractivity contribution in [2.24, 2.45) is 5.92 Å². The fourth-order valence-electron chi connectivity index (χ4n) is 4.67. The van der Waals surface area contributed by atoms with Crippen LogP contribution >= 0.6 is 0 Å². The molecule has 0 aromatic heterocycles. The van der Waals surface area contributed by atoms with Crippen LogP contribution in [0.2, 0.25) is 0 Å². The Bertz CT molecular complexity index is 733. The molecule has 0 heteroatoms. The summed E-state index contributed by atoms with van der Waals surface area (Å²) in [5.74, 6) is 0.915. The van der Waals surface area contributed by atoms with Gasteiger partial charge in [-0.1, -0.05) is 113 Å². The molecule has 0 saturated carbocycles. The Morgan fingerprint density at radius 3 is 1.93 bits per heavy atom. The van der Waals surface area contributed by atoms with E-state index in [2.05, 4.69) is 68.5 Å². The molecule has 0 nitrogen and oxygen atoms in total. The molecule has 0 aliphatic heterocycles.